The number of anilines is 2. The Labute approximate surface area is 157 Å². The van der Waals surface area contributed by atoms with Crippen molar-refractivity contribution in [3.63, 3.8) is 0 Å². The molecule has 6 heteroatoms. The first kappa shape index (κ1) is 17.0. The highest BCUT2D eigenvalue weighted by Crippen LogP contribution is 2.31. The van der Waals surface area contributed by atoms with E-state index in [9.17, 15) is 4.79 Å². The minimum absolute atomic E-state index is 0.0244. The molecule has 0 saturated carbocycles. The average Bonchev–Trinajstić information content (AvgIpc) is 3.09. The van der Waals surface area contributed by atoms with Gasteiger partial charge in [-0.1, -0.05) is 23.5 Å². The van der Waals surface area contributed by atoms with Crippen LogP contribution in [0.15, 0.2) is 36.5 Å². The molecule has 0 bridgehead atoms. The number of aromatic nitrogens is 2. The molecule has 2 aromatic heterocycles. The number of rotatable bonds is 3. The predicted octanol–water partition coefficient (Wildman–Crippen LogP) is 4.16. The number of thiazole rings is 1. The summed E-state index contributed by atoms with van der Waals surface area (Å²) < 4.78 is 0. The highest BCUT2D eigenvalue weighted by molar-refractivity contribution is 7.21. The lowest BCUT2D eigenvalue weighted by Gasteiger charge is -2.31. The number of benzene rings is 1. The van der Waals surface area contributed by atoms with Gasteiger partial charge in [-0.25, -0.2) is 9.97 Å². The number of piperidine rings is 1. The van der Waals surface area contributed by atoms with Crippen LogP contribution in [0.3, 0.4) is 0 Å². The van der Waals surface area contributed by atoms with Gasteiger partial charge in [0, 0.05) is 25.0 Å². The molecule has 1 amide bonds. The maximum absolute atomic E-state index is 12.8. The minimum atomic E-state index is -0.0244. The standard InChI is InChI=1S/C20H22N4OS/c1-13-7-8-14(2)17(11-13)22-18(25)15-5-4-10-24(12-15)20-23-16-6-3-9-21-19(16)26-20/h3,6-9,11,15H,4-5,10,12H2,1-2H3,(H,22,25). The molecule has 1 N–H and O–H groups in total. The number of nitrogens with one attached hydrogen (secondary N) is 1. The fourth-order valence-corrected chi connectivity index (χ4v) is 4.31. The van der Waals surface area contributed by atoms with Crippen molar-refractivity contribution in [2.24, 2.45) is 5.92 Å². The lowest BCUT2D eigenvalue weighted by molar-refractivity contribution is -0.120. The monoisotopic (exact) mass is 366 g/mol. The zero-order chi connectivity index (χ0) is 18.1. The largest absolute Gasteiger partial charge is 0.347 e. The minimum Gasteiger partial charge on any atom is -0.347 e. The molecule has 5 nitrogen and oxygen atoms in total. The van der Waals surface area contributed by atoms with E-state index in [0.29, 0.717) is 6.54 Å². The Hall–Kier alpha value is -2.47. The summed E-state index contributed by atoms with van der Waals surface area (Å²) in [5.74, 6) is 0.0752. The van der Waals surface area contributed by atoms with Crippen molar-refractivity contribution >= 4 is 38.4 Å². The molecular weight excluding hydrogens is 344 g/mol. The molecule has 1 unspecified atom stereocenters. The van der Waals surface area contributed by atoms with E-state index in [1.54, 1.807) is 17.5 Å². The van der Waals surface area contributed by atoms with E-state index in [1.807, 2.05) is 38.1 Å². The van der Waals surface area contributed by atoms with Crippen molar-refractivity contribution in [2.45, 2.75) is 26.7 Å². The number of nitrogens with zero attached hydrogens (tertiary/aromatic N) is 3. The Morgan fingerprint density at radius 1 is 1.31 bits per heavy atom. The van der Waals surface area contributed by atoms with E-state index in [2.05, 4.69) is 21.3 Å². The quantitative estimate of drug-likeness (QED) is 0.756. The van der Waals surface area contributed by atoms with Crippen LogP contribution in [0.2, 0.25) is 0 Å². The van der Waals surface area contributed by atoms with Gasteiger partial charge in [0.2, 0.25) is 5.91 Å². The van der Waals surface area contributed by atoms with E-state index in [-0.39, 0.29) is 11.8 Å². The molecule has 3 heterocycles. The van der Waals surface area contributed by atoms with Crippen molar-refractivity contribution in [1.82, 2.24) is 9.97 Å². The summed E-state index contributed by atoms with van der Waals surface area (Å²) in [5.41, 5.74) is 4.08. The lowest BCUT2D eigenvalue weighted by atomic mass is 9.97. The van der Waals surface area contributed by atoms with Crippen molar-refractivity contribution < 1.29 is 4.79 Å². The van der Waals surface area contributed by atoms with Crippen molar-refractivity contribution in [2.75, 3.05) is 23.3 Å². The Balaban J connectivity index is 1.49. The molecule has 1 aliphatic rings. The van der Waals surface area contributed by atoms with Gasteiger partial charge in [0.25, 0.3) is 0 Å². The highest BCUT2D eigenvalue weighted by Gasteiger charge is 2.27. The number of hydrogen-bond acceptors (Lipinski definition) is 5. The third kappa shape index (κ3) is 3.42. The Morgan fingerprint density at radius 2 is 2.19 bits per heavy atom. The predicted molar refractivity (Wildman–Crippen MR) is 107 cm³/mol. The van der Waals surface area contributed by atoms with Crippen molar-refractivity contribution in [1.29, 1.82) is 0 Å². The van der Waals surface area contributed by atoms with Crippen LogP contribution in [0, 0.1) is 19.8 Å². The molecule has 0 radical (unpaired) electrons. The Morgan fingerprint density at radius 3 is 3.04 bits per heavy atom. The van der Waals surface area contributed by atoms with Crippen LogP contribution in [0.5, 0.6) is 0 Å². The molecule has 1 saturated heterocycles. The fourth-order valence-electron chi connectivity index (χ4n) is 3.36. The van der Waals surface area contributed by atoms with E-state index in [1.165, 1.54) is 0 Å². The second-order valence-electron chi connectivity index (χ2n) is 6.92. The van der Waals surface area contributed by atoms with Crippen molar-refractivity contribution in [3.8, 4) is 0 Å². The number of carbonyl (C=O) groups is 1. The molecule has 1 atom stereocenters. The molecule has 134 valence electrons. The fraction of sp³-hybridized carbons (Fsp3) is 0.350. The van der Waals surface area contributed by atoms with Crippen LogP contribution >= 0.6 is 11.3 Å². The molecule has 1 aliphatic heterocycles. The molecule has 4 rings (SSSR count). The first-order valence-electron chi connectivity index (χ1n) is 8.95. The van der Waals surface area contributed by atoms with Crippen LogP contribution in [-0.4, -0.2) is 29.0 Å². The van der Waals surface area contributed by atoms with Gasteiger partial charge in [-0.05, 0) is 56.0 Å². The number of hydrogen-bond donors (Lipinski definition) is 1. The van der Waals surface area contributed by atoms with Gasteiger partial charge in [-0.15, -0.1) is 0 Å². The first-order chi connectivity index (χ1) is 12.6. The zero-order valence-electron chi connectivity index (χ0n) is 15.0. The van der Waals surface area contributed by atoms with Crippen LogP contribution in [0.4, 0.5) is 10.8 Å². The molecule has 1 fully saturated rings. The van der Waals surface area contributed by atoms with Gasteiger partial charge in [0.05, 0.1) is 5.92 Å². The number of carbonyl (C=O) groups excluding carboxylic acids is 1. The van der Waals surface area contributed by atoms with Crippen LogP contribution in [0.25, 0.3) is 10.3 Å². The zero-order valence-corrected chi connectivity index (χ0v) is 15.8. The van der Waals surface area contributed by atoms with Gasteiger partial charge in [-0.2, -0.15) is 0 Å². The topological polar surface area (TPSA) is 58.1 Å². The lowest BCUT2D eigenvalue weighted by Crippen LogP contribution is -2.40. The van der Waals surface area contributed by atoms with Gasteiger partial charge < -0.3 is 10.2 Å². The summed E-state index contributed by atoms with van der Waals surface area (Å²) in [7, 11) is 0. The summed E-state index contributed by atoms with van der Waals surface area (Å²) in [5, 5.41) is 4.09. The average molecular weight is 366 g/mol. The molecule has 0 spiro atoms. The molecule has 1 aromatic carbocycles. The second kappa shape index (κ2) is 7.03. The smallest absolute Gasteiger partial charge is 0.229 e. The number of amides is 1. The summed E-state index contributed by atoms with van der Waals surface area (Å²) in [4.78, 5) is 25.1. The third-order valence-electron chi connectivity index (χ3n) is 4.87. The van der Waals surface area contributed by atoms with Crippen LogP contribution in [0.1, 0.15) is 24.0 Å². The van der Waals surface area contributed by atoms with E-state index in [4.69, 9.17) is 4.98 Å². The summed E-state index contributed by atoms with van der Waals surface area (Å²) >= 11 is 1.60. The van der Waals surface area contributed by atoms with E-state index >= 15 is 0 Å². The molecular formula is C20H22N4OS. The van der Waals surface area contributed by atoms with Gasteiger partial charge in [0.15, 0.2) is 5.13 Å². The summed E-state index contributed by atoms with van der Waals surface area (Å²) in [6.45, 7) is 5.71. The Kier molecular flexibility index (Phi) is 4.59. The van der Waals surface area contributed by atoms with Crippen LogP contribution < -0.4 is 10.2 Å². The SMILES string of the molecule is Cc1ccc(C)c(NC(=O)C2CCCN(c3nc4cccnc4s3)C2)c1. The molecule has 0 aliphatic carbocycles. The Bertz CT molecular complexity index is 919. The second-order valence-corrected chi connectivity index (χ2v) is 7.87. The maximum Gasteiger partial charge on any atom is 0.229 e. The summed E-state index contributed by atoms with van der Waals surface area (Å²) in [6, 6.07) is 10.0. The number of fused-ring (bicyclic) bond motifs is 1. The molecule has 3 aromatic rings. The normalized spacial score (nSPS) is 17.5. The van der Waals surface area contributed by atoms with Crippen molar-refractivity contribution in [3.05, 3.63) is 47.7 Å². The van der Waals surface area contributed by atoms with Gasteiger partial charge in [0.1, 0.15) is 10.3 Å². The third-order valence-corrected chi connectivity index (χ3v) is 5.91. The first-order valence-corrected chi connectivity index (χ1v) is 9.76. The number of aryl methyl sites for hydroxylation is 2. The van der Waals surface area contributed by atoms with E-state index < -0.39 is 0 Å². The highest BCUT2D eigenvalue weighted by atomic mass is 32.1. The summed E-state index contributed by atoms with van der Waals surface area (Å²) in [6.07, 6.45) is 3.70. The molecule has 26 heavy (non-hydrogen) atoms. The van der Waals surface area contributed by atoms with Gasteiger partial charge >= 0.3 is 0 Å². The number of pyridine rings is 1. The van der Waals surface area contributed by atoms with Gasteiger partial charge in [-0.3, -0.25) is 4.79 Å². The maximum atomic E-state index is 12.8. The van der Waals surface area contributed by atoms with Crippen LogP contribution in [-0.2, 0) is 4.79 Å². The van der Waals surface area contributed by atoms with E-state index in [0.717, 1.165) is 51.7 Å².